The zero-order valence-electron chi connectivity index (χ0n) is 12.6. The molecule has 0 aliphatic rings. The number of carboxylic acids is 1. The van der Waals surface area contributed by atoms with Crippen molar-refractivity contribution in [2.24, 2.45) is 0 Å². The lowest BCUT2D eigenvalue weighted by Gasteiger charge is -1.95. The Labute approximate surface area is 123 Å². The summed E-state index contributed by atoms with van der Waals surface area (Å²) in [6.45, 7) is 2.13. The molecule has 0 heterocycles. The minimum Gasteiger partial charge on any atom is -0.478 e. The summed E-state index contributed by atoms with van der Waals surface area (Å²) >= 11 is 0. The Hall–Kier alpha value is -1.57. The van der Waals surface area contributed by atoms with Gasteiger partial charge in [0.2, 0.25) is 0 Å². The van der Waals surface area contributed by atoms with Crippen LogP contribution in [0.5, 0.6) is 0 Å². The van der Waals surface area contributed by atoms with Crippen LogP contribution in [0.2, 0.25) is 0 Å². The quantitative estimate of drug-likeness (QED) is 0.223. The third kappa shape index (κ3) is 16.4. The maximum absolute atomic E-state index is 10.2. The Morgan fingerprint density at radius 3 is 2.10 bits per heavy atom. The molecule has 0 bridgehead atoms. The van der Waals surface area contributed by atoms with Crippen LogP contribution in [0.25, 0.3) is 0 Å². The van der Waals surface area contributed by atoms with Gasteiger partial charge in [0.15, 0.2) is 0 Å². The molecule has 0 atom stereocenters. The Kier molecular flexibility index (Phi) is 14.3. The summed E-state index contributed by atoms with van der Waals surface area (Å²) in [4.78, 5) is 10.2. The molecule has 1 N–H and O–H groups in total. The number of carboxylic acid groups (broad SMARTS) is 1. The fourth-order valence-electron chi connectivity index (χ4n) is 1.70. The van der Waals surface area contributed by atoms with Crippen molar-refractivity contribution in [1.29, 1.82) is 0 Å². The fraction of sp³-hybridized carbons (Fsp3) is 0.500. The van der Waals surface area contributed by atoms with E-state index in [0.29, 0.717) is 0 Å². The third-order valence-electron chi connectivity index (χ3n) is 2.79. The molecule has 0 aliphatic heterocycles. The smallest absolute Gasteiger partial charge is 0.327 e. The highest BCUT2D eigenvalue weighted by atomic mass is 16.4. The second-order valence-electron chi connectivity index (χ2n) is 4.69. The maximum atomic E-state index is 10.2. The van der Waals surface area contributed by atoms with Crippen LogP contribution in [0.3, 0.4) is 0 Å². The van der Waals surface area contributed by atoms with E-state index in [1.54, 1.807) is 6.08 Å². The van der Waals surface area contributed by atoms with Crippen LogP contribution in [-0.2, 0) is 4.79 Å². The summed E-state index contributed by atoms with van der Waals surface area (Å²) < 4.78 is 0. The standard InChI is InChI=1S/C18H28O2/c1-2-3-4-5-6-7-8-9-10-11-12-13-14-15-16-17-18(19)20/h3-6,9-10,16-17H,2,7-8,11-15H2,1H3,(H,19,20). The molecule has 0 rings (SSSR count). The molecule has 0 saturated carbocycles. The van der Waals surface area contributed by atoms with Gasteiger partial charge in [-0.1, -0.05) is 55.9 Å². The van der Waals surface area contributed by atoms with Crippen molar-refractivity contribution in [3.63, 3.8) is 0 Å². The van der Waals surface area contributed by atoms with Crippen LogP contribution < -0.4 is 0 Å². The Bertz CT molecular complexity index is 335. The number of rotatable bonds is 12. The minimum absolute atomic E-state index is 0.854. The lowest BCUT2D eigenvalue weighted by Crippen LogP contribution is -1.85. The third-order valence-corrected chi connectivity index (χ3v) is 2.79. The summed E-state index contributed by atoms with van der Waals surface area (Å²) in [5, 5.41) is 8.41. The second kappa shape index (κ2) is 15.5. The lowest BCUT2D eigenvalue weighted by molar-refractivity contribution is -0.131. The van der Waals surface area contributed by atoms with Crippen molar-refractivity contribution in [2.45, 2.75) is 58.3 Å². The largest absolute Gasteiger partial charge is 0.478 e. The monoisotopic (exact) mass is 276 g/mol. The van der Waals surface area contributed by atoms with Crippen LogP contribution in [-0.4, -0.2) is 11.1 Å². The van der Waals surface area contributed by atoms with Crippen molar-refractivity contribution in [3.05, 3.63) is 48.6 Å². The molecule has 2 nitrogen and oxygen atoms in total. The van der Waals surface area contributed by atoms with Gasteiger partial charge in [0.25, 0.3) is 0 Å². The van der Waals surface area contributed by atoms with Gasteiger partial charge < -0.3 is 5.11 Å². The molecule has 0 fully saturated rings. The van der Waals surface area contributed by atoms with Gasteiger partial charge in [-0.15, -0.1) is 0 Å². The van der Waals surface area contributed by atoms with Gasteiger partial charge in [0, 0.05) is 6.08 Å². The first kappa shape index (κ1) is 18.4. The molecular formula is C18H28O2. The normalized spacial score (nSPS) is 12.4. The zero-order valence-corrected chi connectivity index (χ0v) is 12.6. The Morgan fingerprint density at radius 2 is 1.40 bits per heavy atom. The molecule has 0 aromatic heterocycles. The minimum atomic E-state index is -0.854. The average Bonchev–Trinajstić information content (AvgIpc) is 2.43. The molecule has 0 unspecified atom stereocenters. The molecule has 20 heavy (non-hydrogen) atoms. The van der Waals surface area contributed by atoms with E-state index in [9.17, 15) is 4.79 Å². The molecule has 2 heteroatoms. The van der Waals surface area contributed by atoms with Gasteiger partial charge in [-0.2, -0.15) is 0 Å². The molecule has 0 amide bonds. The van der Waals surface area contributed by atoms with Crippen LogP contribution in [0.1, 0.15) is 58.3 Å². The first-order chi connectivity index (χ1) is 9.77. The van der Waals surface area contributed by atoms with Crippen molar-refractivity contribution in [2.75, 3.05) is 0 Å². The molecule has 0 aromatic carbocycles. The molecule has 0 saturated heterocycles. The van der Waals surface area contributed by atoms with Crippen molar-refractivity contribution in [1.82, 2.24) is 0 Å². The molecule has 0 radical (unpaired) electrons. The van der Waals surface area contributed by atoms with Crippen LogP contribution in [0, 0.1) is 0 Å². The predicted molar refractivity (Wildman–Crippen MR) is 86.8 cm³/mol. The van der Waals surface area contributed by atoms with E-state index in [-0.39, 0.29) is 0 Å². The van der Waals surface area contributed by atoms with E-state index in [1.807, 2.05) is 0 Å². The van der Waals surface area contributed by atoms with Gasteiger partial charge in [0.05, 0.1) is 0 Å². The number of carbonyl (C=O) groups is 1. The summed E-state index contributed by atoms with van der Waals surface area (Å²) in [7, 11) is 0. The summed E-state index contributed by atoms with van der Waals surface area (Å²) in [5.41, 5.74) is 0. The summed E-state index contributed by atoms with van der Waals surface area (Å²) in [5.74, 6) is -0.854. The van der Waals surface area contributed by atoms with E-state index in [0.717, 1.165) is 44.9 Å². The van der Waals surface area contributed by atoms with E-state index < -0.39 is 5.97 Å². The zero-order chi connectivity index (χ0) is 14.9. The van der Waals surface area contributed by atoms with Gasteiger partial charge in [-0.25, -0.2) is 4.79 Å². The highest BCUT2D eigenvalue weighted by Crippen LogP contribution is 2.05. The Morgan fingerprint density at radius 1 is 0.800 bits per heavy atom. The fourth-order valence-corrected chi connectivity index (χ4v) is 1.70. The molecule has 0 aromatic rings. The van der Waals surface area contributed by atoms with Crippen LogP contribution in [0.4, 0.5) is 0 Å². The van der Waals surface area contributed by atoms with Gasteiger partial charge in [-0.3, -0.25) is 0 Å². The topological polar surface area (TPSA) is 37.3 Å². The van der Waals surface area contributed by atoms with E-state index in [1.165, 1.54) is 12.5 Å². The number of aliphatic carboxylic acids is 1. The van der Waals surface area contributed by atoms with Gasteiger partial charge in [-0.05, 0) is 44.9 Å². The number of hydrogen-bond donors (Lipinski definition) is 1. The highest BCUT2D eigenvalue weighted by molar-refractivity contribution is 5.79. The van der Waals surface area contributed by atoms with Crippen LogP contribution in [0.15, 0.2) is 48.6 Å². The van der Waals surface area contributed by atoms with E-state index >= 15 is 0 Å². The summed E-state index contributed by atoms with van der Waals surface area (Å²) in [6.07, 6.45) is 24.7. The molecule has 112 valence electrons. The van der Waals surface area contributed by atoms with E-state index in [2.05, 4.69) is 43.4 Å². The van der Waals surface area contributed by atoms with Crippen molar-refractivity contribution < 1.29 is 9.90 Å². The summed E-state index contributed by atoms with van der Waals surface area (Å²) in [6, 6.07) is 0. The maximum Gasteiger partial charge on any atom is 0.327 e. The highest BCUT2D eigenvalue weighted by Gasteiger charge is 1.88. The Balaban J connectivity index is 3.30. The van der Waals surface area contributed by atoms with E-state index in [4.69, 9.17) is 5.11 Å². The molecule has 0 aliphatic carbocycles. The van der Waals surface area contributed by atoms with Crippen LogP contribution >= 0.6 is 0 Å². The molecular weight excluding hydrogens is 248 g/mol. The average molecular weight is 276 g/mol. The number of hydrogen-bond acceptors (Lipinski definition) is 1. The van der Waals surface area contributed by atoms with Gasteiger partial charge in [0.1, 0.15) is 0 Å². The molecule has 0 spiro atoms. The predicted octanol–water partition coefficient (Wildman–Crippen LogP) is 5.44. The number of unbranched alkanes of at least 4 members (excludes halogenated alkanes) is 5. The van der Waals surface area contributed by atoms with Crippen molar-refractivity contribution in [3.8, 4) is 0 Å². The van der Waals surface area contributed by atoms with Crippen molar-refractivity contribution >= 4 is 5.97 Å². The first-order valence-electron chi connectivity index (χ1n) is 7.63. The second-order valence-corrected chi connectivity index (χ2v) is 4.69. The lowest BCUT2D eigenvalue weighted by atomic mass is 10.1. The SMILES string of the molecule is CCC=CC=CCCC=CCCCCCC=CC(=O)O. The van der Waals surface area contributed by atoms with Gasteiger partial charge >= 0.3 is 5.97 Å². The number of allylic oxidation sites excluding steroid dienone is 7. The first-order valence-corrected chi connectivity index (χ1v) is 7.63.